The van der Waals surface area contributed by atoms with Gasteiger partial charge in [-0.15, -0.1) is 0 Å². The van der Waals surface area contributed by atoms with Crippen LogP contribution in [0.4, 0.5) is 11.4 Å². The molecule has 2 N–H and O–H groups in total. The Labute approximate surface area is 500 Å². The molecule has 0 aromatic heterocycles. The van der Waals surface area contributed by atoms with E-state index < -0.39 is 33.4 Å². The Morgan fingerprint density at radius 3 is 2.01 bits per heavy atom. The van der Waals surface area contributed by atoms with E-state index in [-0.39, 0.29) is 106 Å². The first-order chi connectivity index (χ1) is 40.4. The van der Waals surface area contributed by atoms with Crippen molar-refractivity contribution in [2.45, 2.75) is 143 Å². The van der Waals surface area contributed by atoms with Crippen molar-refractivity contribution in [1.29, 1.82) is 0 Å². The molecule has 5 heterocycles. The highest BCUT2D eigenvalue weighted by molar-refractivity contribution is 6.74. The van der Waals surface area contributed by atoms with Crippen molar-refractivity contribution in [1.82, 2.24) is 20.0 Å². The van der Waals surface area contributed by atoms with Crippen molar-refractivity contribution in [3.8, 4) is 17.2 Å². The van der Waals surface area contributed by atoms with Crippen LogP contribution in [0.5, 0.6) is 17.2 Å². The van der Waals surface area contributed by atoms with Gasteiger partial charge in [-0.3, -0.25) is 33.7 Å². The predicted molar refractivity (Wildman–Crippen MR) is 327 cm³/mol. The van der Waals surface area contributed by atoms with Gasteiger partial charge in [0.25, 0.3) is 23.6 Å². The summed E-state index contributed by atoms with van der Waals surface area (Å²) < 4.78 is 37.5. The summed E-state index contributed by atoms with van der Waals surface area (Å²) in [4.78, 5) is 98.2. The molecule has 0 saturated carbocycles. The highest BCUT2D eigenvalue weighted by atomic mass is 28.4. The zero-order valence-electron chi connectivity index (χ0n) is 50.7. The molecule has 20 nitrogen and oxygen atoms in total. The van der Waals surface area contributed by atoms with Crippen molar-refractivity contribution >= 4 is 81.7 Å². The lowest BCUT2D eigenvalue weighted by Crippen LogP contribution is -2.57. The maximum absolute atomic E-state index is 14.5. The van der Waals surface area contributed by atoms with Gasteiger partial charge in [-0.2, -0.15) is 0 Å². The Hall–Kier alpha value is -7.30. The second-order valence-electron chi connectivity index (χ2n) is 23.9. The Morgan fingerprint density at radius 2 is 1.39 bits per heavy atom. The Balaban J connectivity index is 0.980. The summed E-state index contributed by atoms with van der Waals surface area (Å²) in [6.07, 6.45) is 11.4. The van der Waals surface area contributed by atoms with Crippen molar-refractivity contribution in [2.75, 3.05) is 56.2 Å². The molecule has 23 heteroatoms. The van der Waals surface area contributed by atoms with Crippen LogP contribution in [0.1, 0.15) is 117 Å². The summed E-state index contributed by atoms with van der Waals surface area (Å²) in [7, 11) is -0.469. The molecular formula is C62H79B2N6O14Si. The zero-order chi connectivity index (χ0) is 61.5. The third-order valence-corrected chi connectivity index (χ3v) is 20.9. The minimum Gasteiger partial charge on any atom is -0.493 e. The van der Waals surface area contributed by atoms with Crippen molar-refractivity contribution in [2.24, 2.45) is 0 Å². The van der Waals surface area contributed by atoms with E-state index in [1.165, 1.54) is 32.8 Å². The minimum absolute atomic E-state index is 0.00640. The first kappa shape index (κ1) is 63.7. The van der Waals surface area contributed by atoms with Gasteiger partial charge in [-0.1, -0.05) is 38.0 Å². The number of aryl methyl sites for hydroxylation is 1. The van der Waals surface area contributed by atoms with Crippen LogP contribution in [0.3, 0.4) is 0 Å². The van der Waals surface area contributed by atoms with E-state index in [1.807, 2.05) is 63.1 Å². The lowest BCUT2D eigenvalue weighted by atomic mass is 9.80. The third-order valence-electron chi connectivity index (χ3n) is 16.4. The van der Waals surface area contributed by atoms with Crippen LogP contribution in [0.15, 0.2) is 84.2 Å². The summed E-state index contributed by atoms with van der Waals surface area (Å²) >= 11 is 0. The molecule has 5 aliphatic heterocycles. The molecule has 85 heavy (non-hydrogen) atoms. The molecule has 3 aromatic carbocycles. The molecule has 0 fully saturated rings. The topological polar surface area (TPSA) is 223 Å². The molecule has 0 bridgehead atoms. The molecule has 3 aromatic rings. The molecule has 8 rings (SSSR count). The first-order valence-corrected chi connectivity index (χ1v) is 31.9. The number of carbonyl (C=O) groups is 7. The minimum atomic E-state index is -2.48. The number of amides is 5. The van der Waals surface area contributed by atoms with Gasteiger partial charge in [0.2, 0.25) is 5.91 Å². The van der Waals surface area contributed by atoms with Crippen LogP contribution in [0, 0.1) is 6.92 Å². The number of methoxy groups -OCH3 is 1. The molecule has 451 valence electrons. The fraction of sp³-hybridized carbons (Fsp3) is 0.468. The number of ether oxygens (including phenoxy) is 5. The molecule has 0 aliphatic carbocycles. The van der Waals surface area contributed by atoms with Crippen LogP contribution in [-0.4, -0.2) is 155 Å². The zero-order valence-corrected chi connectivity index (χ0v) is 51.7. The lowest BCUT2D eigenvalue weighted by Gasteiger charge is -2.45. The molecule has 5 aliphatic rings. The van der Waals surface area contributed by atoms with Gasteiger partial charge in [-0.05, 0) is 131 Å². The highest BCUT2D eigenvalue weighted by Gasteiger charge is 2.49. The standard InChI is InChI=1S/C62H79B2N6O14Si/c1-39-25-49-42(4)70(64(8)78)51-33-55(54(79-9)31-48(51)60(77)67(49)34-39)83-37-45-29-43(14-15-46(72)13-12-21-80-23-24-81-22-19-65-56(73)18-20-66-57(74)16-17-58(66)75)28-44(30-45)36-82-53-32-50-47(27-41(53)3)59(76)68-35-40(2)26-52(68)61(69(50)63-38-71)84-85(10,11)62(5,6)7/h14-17,27-35,38,42,49,52,61,78H,12-13,18-26,36-37H2,1-11H3,(H,65,73)/b15-14+/t42-,49-,52-,61-/m0/s1. The SMILES string of the molecule is COc1cc2c(cc1OCc1cc(/C=C/C(=O)CCCOCCOCCNC(=O)CCN3C(=O)C=CC3=O)cc(COc3cc4c(cc3C)C(=O)N3C=C(C)C[C@H]3[C@H](O[Si](C)(C)C(C)(C)C)N4[B]C=O)c1)N(B(C)O)[C@@H](C)[C@@H]1CC(C)=CN1C2=O. The number of fused-ring (bicyclic) bond motifs is 4. The number of anilines is 2. The molecule has 1 radical (unpaired) electrons. The molecule has 0 spiro atoms. The van der Waals surface area contributed by atoms with Gasteiger partial charge >= 0.3 is 14.5 Å². The summed E-state index contributed by atoms with van der Waals surface area (Å²) in [6.45, 7) is 21.8. The van der Waals surface area contributed by atoms with Crippen LogP contribution in [0.2, 0.25) is 25.0 Å². The maximum atomic E-state index is 14.5. The fourth-order valence-electron chi connectivity index (χ4n) is 11.0. The summed E-state index contributed by atoms with van der Waals surface area (Å²) in [5.41, 5.74) is 6.74. The quantitative estimate of drug-likeness (QED) is 0.0248. The number of benzene rings is 3. The second kappa shape index (κ2) is 27.4. The molecular weight excluding hydrogens is 1100 g/mol. The van der Waals surface area contributed by atoms with E-state index in [0.717, 1.165) is 33.4 Å². The summed E-state index contributed by atoms with van der Waals surface area (Å²) in [5.74, 6) is -0.527. The number of imide groups is 1. The van der Waals surface area contributed by atoms with Gasteiger partial charge in [0.05, 0.1) is 50.1 Å². The lowest BCUT2D eigenvalue weighted by molar-refractivity contribution is -0.137. The van der Waals surface area contributed by atoms with Crippen LogP contribution >= 0.6 is 0 Å². The Kier molecular flexibility index (Phi) is 20.5. The Bertz CT molecular complexity index is 3180. The monoisotopic (exact) mass is 1180 g/mol. The van der Waals surface area contributed by atoms with Gasteiger partial charge in [0.15, 0.2) is 25.6 Å². The smallest absolute Gasteiger partial charge is 0.409 e. The average Bonchev–Trinajstić information content (AvgIpc) is 1.77. The number of nitrogens with zero attached hydrogens (tertiary/aromatic N) is 5. The number of hydrogen-bond donors (Lipinski definition) is 2. The summed E-state index contributed by atoms with van der Waals surface area (Å²) in [5, 5.41) is 13.7. The Morgan fingerprint density at radius 1 is 0.788 bits per heavy atom. The average molecular weight is 1180 g/mol. The van der Waals surface area contributed by atoms with Gasteiger partial charge < -0.3 is 62.7 Å². The van der Waals surface area contributed by atoms with Crippen molar-refractivity contribution < 1.29 is 66.7 Å². The molecule has 0 saturated heterocycles. The van der Waals surface area contributed by atoms with E-state index in [9.17, 15) is 38.6 Å². The van der Waals surface area contributed by atoms with Crippen molar-refractivity contribution in [3.05, 3.63) is 118 Å². The van der Waals surface area contributed by atoms with Gasteiger partial charge in [-0.25, -0.2) is 0 Å². The number of hydrogen-bond acceptors (Lipinski definition) is 16. The first-order valence-electron chi connectivity index (χ1n) is 29.0. The second-order valence-corrected chi connectivity index (χ2v) is 28.6. The number of ketones is 1. The number of rotatable bonds is 27. The fourth-order valence-corrected chi connectivity index (χ4v) is 12.3. The predicted octanol–water partition coefficient (Wildman–Crippen LogP) is 7.52. The van der Waals surface area contributed by atoms with E-state index >= 15 is 0 Å². The van der Waals surface area contributed by atoms with E-state index in [1.54, 1.807) is 51.8 Å². The van der Waals surface area contributed by atoms with Gasteiger partial charge in [0, 0.05) is 86.6 Å². The van der Waals surface area contributed by atoms with Crippen LogP contribution in [-0.2, 0) is 51.1 Å². The van der Waals surface area contributed by atoms with Crippen LogP contribution in [0.25, 0.3) is 6.08 Å². The van der Waals surface area contributed by atoms with E-state index in [4.69, 9.17) is 28.1 Å². The largest absolute Gasteiger partial charge is 0.493 e. The normalized spacial score (nSPS) is 19.3. The third kappa shape index (κ3) is 14.9. The van der Waals surface area contributed by atoms with Crippen LogP contribution < -0.4 is 29.1 Å². The molecule has 4 atom stereocenters. The highest BCUT2D eigenvalue weighted by Crippen LogP contribution is 2.45. The molecule has 5 amide bonds. The van der Waals surface area contributed by atoms with E-state index in [0.29, 0.717) is 76.7 Å². The van der Waals surface area contributed by atoms with Gasteiger partial charge in [0.1, 0.15) is 31.4 Å². The summed E-state index contributed by atoms with van der Waals surface area (Å²) in [6, 6.07) is 12.0. The number of nitrogens with one attached hydrogen (secondary N) is 1. The maximum Gasteiger partial charge on any atom is 0.409 e. The molecule has 0 unspecified atom stereocenters. The van der Waals surface area contributed by atoms with E-state index in [2.05, 4.69) is 39.2 Å². The number of allylic oxidation sites excluding steroid dienone is 1. The number of carbonyl (C=O) groups excluding carboxylic acids is 7. The van der Waals surface area contributed by atoms with Crippen molar-refractivity contribution in [3.63, 3.8) is 0 Å².